The summed E-state index contributed by atoms with van der Waals surface area (Å²) in [5.41, 5.74) is 0. The largest absolute Gasteiger partial charge is 0.448 e. The van der Waals surface area contributed by atoms with Gasteiger partial charge in [-0.05, 0) is 6.92 Å². The number of aliphatic hydroxyl groups excluding tert-OH is 1. The van der Waals surface area contributed by atoms with Gasteiger partial charge in [0.2, 0.25) is 12.4 Å². The maximum Gasteiger partial charge on any atom is 0.353 e. The first-order valence-electron chi connectivity index (χ1n) is 3.29. The van der Waals surface area contributed by atoms with Crippen LogP contribution in [-0.4, -0.2) is 40.6 Å². The molecule has 1 rings (SSSR count). The molecule has 0 spiro atoms. The molecule has 1 aliphatic heterocycles. The zero-order valence-corrected chi connectivity index (χ0v) is 6.26. The third-order valence-electron chi connectivity index (χ3n) is 1.37. The predicted octanol–water partition coefficient (Wildman–Crippen LogP) is -1.85. The van der Waals surface area contributed by atoms with E-state index >= 15 is 0 Å². The van der Waals surface area contributed by atoms with E-state index in [0.29, 0.717) is 0 Å². The Balaban J connectivity index is 2.68. The van der Waals surface area contributed by atoms with Crippen LogP contribution in [-0.2, 0) is 19.1 Å². The highest BCUT2D eigenvalue weighted by molar-refractivity contribution is 5.87. The third-order valence-corrected chi connectivity index (χ3v) is 1.37. The summed E-state index contributed by atoms with van der Waals surface area (Å²) in [6.07, 6.45) is -4.63. The summed E-state index contributed by atoms with van der Waals surface area (Å²) in [4.78, 5) is 21.5. The van der Waals surface area contributed by atoms with Crippen molar-refractivity contribution >= 4 is 11.9 Å². The van der Waals surface area contributed by atoms with Gasteiger partial charge in [0.05, 0.1) is 0 Å². The van der Waals surface area contributed by atoms with Crippen molar-refractivity contribution in [2.24, 2.45) is 0 Å². The molecule has 1 saturated heterocycles. The van der Waals surface area contributed by atoms with Gasteiger partial charge in [-0.2, -0.15) is 0 Å². The van der Waals surface area contributed by atoms with Gasteiger partial charge in [-0.3, -0.25) is 0 Å². The highest BCUT2D eigenvalue weighted by Crippen LogP contribution is 2.11. The Hall–Kier alpha value is -1.14. The lowest BCUT2D eigenvalue weighted by Crippen LogP contribution is -2.48. The van der Waals surface area contributed by atoms with E-state index in [4.69, 9.17) is 10.2 Å². The number of esters is 2. The fourth-order valence-corrected chi connectivity index (χ4v) is 0.741. The summed E-state index contributed by atoms with van der Waals surface area (Å²) in [6.45, 7) is 1.33. The van der Waals surface area contributed by atoms with Crippen molar-refractivity contribution in [2.45, 2.75) is 25.4 Å². The lowest BCUT2D eigenvalue weighted by molar-refractivity contribution is -0.217. The molecule has 2 atom stereocenters. The Bertz CT molecular complexity index is 210. The fourth-order valence-electron chi connectivity index (χ4n) is 0.741. The first-order chi connectivity index (χ1) is 5.52. The maximum absolute atomic E-state index is 10.8. The average Bonchev–Trinajstić information content (AvgIpc) is 1.96. The first-order valence-corrected chi connectivity index (χ1v) is 3.29. The van der Waals surface area contributed by atoms with Gasteiger partial charge in [0.1, 0.15) is 0 Å². The topological polar surface area (TPSA) is 93.1 Å². The molecule has 68 valence electrons. The Morgan fingerprint density at radius 2 is 1.83 bits per heavy atom. The minimum atomic E-state index is -2.03. The molecule has 1 aliphatic rings. The lowest BCUT2D eigenvalue weighted by Gasteiger charge is -2.25. The van der Waals surface area contributed by atoms with Crippen LogP contribution in [0.15, 0.2) is 0 Å². The maximum atomic E-state index is 10.8. The van der Waals surface area contributed by atoms with Crippen LogP contribution in [0.1, 0.15) is 6.92 Å². The van der Waals surface area contributed by atoms with Crippen molar-refractivity contribution < 1.29 is 29.3 Å². The number of carbonyl (C=O) groups excluding carboxylic acids is 2. The van der Waals surface area contributed by atoms with Crippen LogP contribution in [0.2, 0.25) is 0 Å². The molecular weight excluding hydrogens is 168 g/mol. The summed E-state index contributed by atoms with van der Waals surface area (Å²) in [5, 5.41) is 17.1. The number of ether oxygens (including phenoxy) is 2. The Morgan fingerprint density at radius 1 is 1.25 bits per heavy atom. The first kappa shape index (κ1) is 8.95. The van der Waals surface area contributed by atoms with Gasteiger partial charge < -0.3 is 19.7 Å². The minimum Gasteiger partial charge on any atom is -0.448 e. The van der Waals surface area contributed by atoms with Crippen LogP contribution in [0.5, 0.6) is 0 Å². The molecule has 1 heterocycles. The van der Waals surface area contributed by atoms with E-state index in [9.17, 15) is 9.59 Å². The third kappa shape index (κ3) is 1.54. The SMILES string of the molecule is CC1OC(=O)C(C(O)O)OC1=O. The molecule has 0 saturated carbocycles. The molecule has 6 nitrogen and oxygen atoms in total. The van der Waals surface area contributed by atoms with Crippen molar-refractivity contribution in [2.75, 3.05) is 0 Å². The highest BCUT2D eigenvalue weighted by atomic mass is 16.7. The molecule has 0 aromatic rings. The van der Waals surface area contributed by atoms with E-state index in [1.807, 2.05) is 0 Å². The number of hydrogen-bond donors (Lipinski definition) is 2. The summed E-state index contributed by atoms with van der Waals surface area (Å²) in [5.74, 6) is -1.73. The monoisotopic (exact) mass is 176 g/mol. The van der Waals surface area contributed by atoms with Crippen LogP contribution in [0.4, 0.5) is 0 Å². The molecule has 0 bridgehead atoms. The van der Waals surface area contributed by atoms with E-state index < -0.39 is 30.4 Å². The Kier molecular flexibility index (Phi) is 2.30. The molecule has 6 heteroatoms. The molecule has 0 radical (unpaired) electrons. The van der Waals surface area contributed by atoms with Crippen molar-refractivity contribution in [1.82, 2.24) is 0 Å². The van der Waals surface area contributed by atoms with E-state index in [0.717, 1.165) is 0 Å². The van der Waals surface area contributed by atoms with Crippen molar-refractivity contribution in [3.63, 3.8) is 0 Å². The Morgan fingerprint density at radius 3 is 2.33 bits per heavy atom. The predicted molar refractivity (Wildman–Crippen MR) is 33.7 cm³/mol. The molecule has 2 unspecified atom stereocenters. The van der Waals surface area contributed by atoms with Gasteiger partial charge >= 0.3 is 11.9 Å². The fraction of sp³-hybridized carbons (Fsp3) is 0.667. The molecule has 1 fully saturated rings. The molecule has 0 aliphatic carbocycles. The second-order valence-electron chi connectivity index (χ2n) is 2.35. The number of hydrogen-bond acceptors (Lipinski definition) is 6. The normalized spacial score (nSPS) is 30.0. The lowest BCUT2D eigenvalue weighted by atomic mass is 10.3. The van der Waals surface area contributed by atoms with Crippen molar-refractivity contribution in [1.29, 1.82) is 0 Å². The van der Waals surface area contributed by atoms with Crippen LogP contribution in [0.25, 0.3) is 0 Å². The van der Waals surface area contributed by atoms with E-state index in [-0.39, 0.29) is 0 Å². The molecular formula is C6H8O6. The second kappa shape index (κ2) is 3.08. The zero-order chi connectivity index (χ0) is 9.30. The van der Waals surface area contributed by atoms with Gasteiger partial charge in [-0.25, -0.2) is 9.59 Å². The number of aliphatic hydroxyl groups is 2. The molecule has 0 aromatic carbocycles. The quantitative estimate of drug-likeness (QED) is 0.360. The number of rotatable bonds is 1. The van der Waals surface area contributed by atoms with Crippen molar-refractivity contribution in [3.8, 4) is 0 Å². The highest BCUT2D eigenvalue weighted by Gasteiger charge is 2.39. The molecule has 0 aromatic heterocycles. The zero-order valence-electron chi connectivity index (χ0n) is 6.26. The summed E-state index contributed by atoms with van der Waals surface area (Å²) in [6, 6.07) is 0. The average molecular weight is 176 g/mol. The smallest absolute Gasteiger partial charge is 0.353 e. The molecule has 12 heavy (non-hydrogen) atoms. The summed E-state index contributed by atoms with van der Waals surface area (Å²) < 4.78 is 8.80. The standard InChI is InChI=1S/C6H8O6/c1-2-5(9)12-3(4(7)8)6(10)11-2/h2-4,7-8H,1H3. The summed E-state index contributed by atoms with van der Waals surface area (Å²) >= 11 is 0. The van der Waals surface area contributed by atoms with Crippen LogP contribution < -0.4 is 0 Å². The number of cyclic esters (lactones) is 2. The summed E-state index contributed by atoms with van der Waals surface area (Å²) in [7, 11) is 0. The minimum absolute atomic E-state index is 0.785. The van der Waals surface area contributed by atoms with E-state index in [1.54, 1.807) is 0 Å². The van der Waals surface area contributed by atoms with Crippen LogP contribution in [0.3, 0.4) is 0 Å². The Labute approximate surface area is 67.7 Å². The van der Waals surface area contributed by atoms with Gasteiger partial charge in [0.15, 0.2) is 6.10 Å². The van der Waals surface area contributed by atoms with E-state index in [1.165, 1.54) is 6.92 Å². The molecule has 2 N–H and O–H groups in total. The van der Waals surface area contributed by atoms with Gasteiger partial charge in [-0.1, -0.05) is 0 Å². The van der Waals surface area contributed by atoms with Gasteiger partial charge in [0, 0.05) is 0 Å². The molecule has 0 amide bonds. The van der Waals surface area contributed by atoms with E-state index in [2.05, 4.69) is 9.47 Å². The van der Waals surface area contributed by atoms with Crippen LogP contribution >= 0.6 is 0 Å². The van der Waals surface area contributed by atoms with Gasteiger partial charge in [0.25, 0.3) is 0 Å². The second-order valence-corrected chi connectivity index (χ2v) is 2.35. The van der Waals surface area contributed by atoms with Crippen molar-refractivity contribution in [3.05, 3.63) is 0 Å². The number of carbonyl (C=O) groups is 2. The van der Waals surface area contributed by atoms with Gasteiger partial charge in [-0.15, -0.1) is 0 Å². The van der Waals surface area contributed by atoms with Crippen LogP contribution in [0, 0.1) is 0 Å².